The first-order valence-electron chi connectivity index (χ1n) is 8.83. The van der Waals surface area contributed by atoms with Crippen LogP contribution in [0.2, 0.25) is 0 Å². The lowest BCUT2D eigenvalue weighted by Crippen LogP contribution is -2.51. The maximum atomic E-state index is 13.3. The average Bonchev–Trinajstić information content (AvgIpc) is 3.11. The van der Waals surface area contributed by atoms with Crippen LogP contribution in [-0.2, 0) is 6.18 Å². The van der Waals surface area contributed by atoms with Gasteiger partial charge in [-0.1, -0.05) is 18.6 Å². The molecule has 146 valence electrons. The number of nitrogens with zero attached hydrogens (tertiary/aromatic N) is 4. The standard InChI is InChI=1S/C18H22F3N5O/c1-11-5-6-14(26-10-23-17(24-26)18(19,20)21)13(8-11)16(27)25-7-3-4-12(2)15(25)9-22/h5-6,8,10,12,15H,3-4,7,9,22H2,1-2H3. The molecule has 6 nitrogen and oxygen atoms in total. The van der Waals surface area contributed by atoms with E-state index in [2.05, 4.69) is 17.0 Å². The third-order valence-corrected chi connectivity index (χ3v) is 4.99. The highest BCUT2D eigenvalue weighted by Crippen LogP contribution is 2.28. The lowest BCUT2D eigenvalue weighted by molar-refractivity contribution is -0.144. The van der Waals surface area contributed by atoms with Crippen LogP contribution >= 0.6 is 0 Å². The molecule has 1 amide bonds. The topological polar surface area (TPSA) is 77.0 Å². The summed E-state index contributed by atoms with van der Waals surface area (Å²) in [6, 6.07) is 4.88. The minimum absolute atomic E-state index is 0.0962. The number of benzene rings is 1. The molecule has 9 heteroatoms. The Morgan fingerprint density at radius 3 is 2.74 bits per heavy atom. The molecule has 1 aliphatic heterocycles. The van der Waals surface area contributed by atoms with Crippen LogP contribution < -0.4 is 5.73 Å². The zero-order valence-corrected chi connectivity index (χ0v) is 15.2. The highest BCUT2D eigenvalue weighted by atomic mass is 19.4. The van der Waals surface area contributed by atoms with E-state index in [0.717, 1.165) is 29.4 Å². The predicted molar refractivity (Wildman–Crippen MR) is 93.4 cm³/mol. The SMILES string of the molecule is Cc1ccc(-n2cnc(C(F)(F)F)n2)c(C(=O)N2CCCC(C)C2CN)c1. The molecule has 1 fully saturated rings. The Morgan fingerprint density at radius 1 is 1.37 bits per heavy atom. The van der Waals surface area contributed by atoms with E-state index in [1.807, 2.05) is 6.92 Å². The average molecular weight is 381 g/mol. The lowest BCUT2D eigenvalue weighted by atomic mass is 9.90. The summed E-state index contributed by atoms with van der Waals surface area (Å²) < 4.78 is 39.5. The van der Waals surface area contributed by atoms with E-state index in [0.29, 0.717) is 18.7 Å². The molecule has 2 heterocycles. The predicted octanol–water partition coefficient (Wildman–Crippen LogP) is 2.79. The minimum atomic E-state index is -4.65. The molecule has 0 saturated carbocycles. The Kier molecular flexibility index (Phi) is 5.23. The van der Waals surface area contributed by atoms with Gasteiger partial charge in [0.1, 0.15) is 6.33 Å². The number of halogens is 3. The van der Waals surface area contributed by atoms with Crippen molar-refractivity contribution >= 4 is 5.91 Å². The Hall–Kier alpha value is -2.42. The minimum Gasteiger partial charge on any atom is -0.334 e. The number of aromatic nitrogens is 3. The van der Waals surface area contributed by atoms with Crippen LogP contribution in [0.15, 0.2) is 24.5 Å². The van der Waals surface area contributed by atoms with E-state index in [1.165, 1.54) is 0 Å². The molecule has 0 radical (unpaired) electrons. The second-order valence-corrected chi connectivity index (χ2v) is 6.95. The van der Waals surface area contributed by atoms with E-state index in [9.17, 15) is 18.0 Å². The molecule has 1 aliphatic rings. The third kappa shape index (κ3) is 3.83. The fourth-order valence-electron chi connectivity index (χ4n) is 3.55. The number of nitrogens with two attached hydrogens (primary N) is 1. The molecule has 1 aromatic heterocycles. The van der Waals surface area contributed by atoms with E-state index in [4.69, 9.17) is 5.73 Å². The molecule has 1 saturated heterocycles. The van der Waals surface area contributed by atoms with Gasteiger partial charge in [-0.05, 0) is 37.8 Å². The number of piperidine rings is 1. The van der Waals surface area contributed by atoms with Crippen LogP contribution in [0, 0.1) is 12.8 Å². The van der Waals surface area contributed by atoms with Gasteiger partial charge >= 0.3 is 6.18 Å². The summed E-state index contributed by atoms with van der Waals surface area (Å²) in [7, 11) is 0. The number of amides is 1. The maximum absolute atomic E-state index is 13.3. The number of carbonyl (C=O) groups excluding carboxylic acids is 1. The van der Waals surface area contributed by atoms with Gasteiger partial charge in [0, 0.05) is 19.1 Å². The van der Waals surface area contributed by atoms with Gasteiger partial charge in [-0.3, -0.25) is 4.79 Å². The van der Waals surface area contributed by atoms with Crippen LogP contribution in [0.25, 0.3) is 5.69 Å². The van der Waals surface area contributed by atoms with Gasteiger partial charge in [0.15, 0.2) is 0 Å². The first kappa shape index (κ1) is 19.3. The Morgan fingerprint density at radius 2 is 2.11 bits per heavy atom. The van der Waals surface area contributed by atoms with Crippen molar-refractivity contribution < 1.29 is 18.0 Å². The number of carbonyl (C=O) groups is 1. The molecule has 1 aromatic carbocycles. The van der Waals surface area contributed by atoms with E-state index >= 15 is 0 Å². The molecule has 2 unspecified atom stereocenters. The molecule has 0 bridgehead atoms. The number of hydrogen-bond donors (Lipinski definition) is 1. The lowest BCUT2D eigenvalue weighted by Gasteiger charge is -2.39. The smallest absolute Gasteiger partial charge is 0.334 e. The molecule has 2 atom stereocenters. The molecule has 27 heavy (non-hydrogen) atoms. The van der Waals surface area contributed by atoms with Crippen LogP contribution in [0.3, 0.4) is 0 Å². The number of aryl methyl sites for hydroxylation is 1. The number of rotatable bonds is 3. The Labute approximate surface area is 155 Å². The monoisotopic (exact) mass is 381 g/mol. The number of alkyl halides is 3. The van der Waals surface area contributed by atoms with Crippen LogP contribution in [-0.4, -0.2) is 44.7 Å². The first-order valence-corrected chi connectivity index (χ1v) is 8.83. The van der Waals surface area contributed by atoms with Crippen molar-refractivity contribution in [2.75, 3.05) is 13.1 Å². The summed E-state index contributed by atoms with van der Waals surface area (Å²) in [4.78, 5) is 18.3. The van der Waals surface area contributed by atoms with Crippen molar-refractivity contribution in [3.8, 4) is 5.69 Å². The van der Waals surface area contributed by atoms with E-state index < -0.39 is 12.0 Å². The van der Waals surface area contributed by atoms with Crippen molar-refractivity contribution in [1.82, 2.24) is 19.7 Å². The summed E-state index contributed by atoms with van der Waals surface area (Å²) in [5.41, 5.74) is 7.27. The number of hydrogen-bond acceptors (Lipinski definition) is 4. The molecule has 2 aromatic rings. The fourth-order valence-corrected chi connectivity index (χ4v) is 3.55. The summed E-state index contributed by atoms with van der Waals surface area (Å²) in [5, 5.41) is 3.51. The van der Waals surface area contributed by atoms with Crippen LogP contribution in [0.5, 0.6) is 0 Å². The van der Waals surface area contributed by atoms with Gasteiger partial charge in [0.25, 0.3) is 11.7 Å². The quantitative estimate of drug-likeness (QED) is 0.887. The third-order valence-electron chi connectivity index (χ3n) is 4.99. The van der Waals surface area contributed by atoms with Crippen LogP contribution in [0.4, 0.5) is 13.2 Å². The Bertz CT molecular complexity index is 833. The second-order valence-electron chi connectivity index (χ2n) is 6.95. The normalized spacial score (nSPS) is 20.7. The van der Waals surface area contributed by atoms with Gasteiger partial charge in [-0.2, -0.15) is 13.2 Å². The molecular weight excluding hydrogens is 359 g/mol. The highest BCUT2D eigenvalue weighted by molar-refractivity contribution is 5.98. The van der Waals surface area contributed by atoms with Gasteiger partial charge in [0.05, 0.1) is 11.3 Å². The van der Waals surface area contributed by atoms with Gasteiger partial charge in [-0.15, -0.1) is 5.10 Å². The summed E-state index contributed by atoms with van der Waals surface area (Å²) >= 11 is 0. The molecular formula is C18H22F3N5O. The van der Waals surface area contributed by atoms with Gasteiger partial charge in [-0.25, -0.2) is 9.67 Å². The maximum Gasteiger partial charge on any atom is 0.453 e. The second kappa shape index (κ2) is 7.30. The molecule has 0 spiro atoms. The molecule has 0 aliphatic carbocycles. The summed E-state index contributed by atoms with van der Waals surface area (Å²) in [6.07, 6.45) is -1.81. The number of likely N-dealkylation sites (tertiary alicyclic amines) is 1. The van der Waals surface area contributed by atoms with Gasteiger partial charge in [0.2, 0.25) is 0 Å². The van der Waals surface area contributed by atoms with Crippen molar-refractivity contribution in [3.05, 3.63) is 41.5 Å². The first-order chi connectivity index (χ1) is 12.7. The largest absolute Gasteiger partial charge is 0.453 e. The van der Waals surface area contributed by atoms with Gasteiger partial charge < -0.3 is 10.6 Å². The fraction of sp³-hybridized carbons (Fsp3) is 0.500. The van der Waals surface area contributed by atoms with Crippen LogP contribution in [0.1, 0.15) is 41.5 Å². The molecule has 3 rings (SSSR count). The van der Waals surface area contributed by atoms with Crippen molar-refractivity contribution in [1.29, 1.82) is 0 Å². The zero-order chi connectivity index (χ0) is 19.8. The Balaban J connectivity index is 2.01. The van der Waals surface area contributed by atoms with Crippen molar-refractivity contribution in [3.63, 3.8) is 0 Å². The summed E-state index contributed by atoms with van der Waals surface area (Å²) in [6.45, 7) is 4.79. The molecule has 2 N–H and O–H groups in total. The summed E-state index contributed by atoms with van der Waals surface area (Å²) in [5.74, 6) is -1.23. The van der Waals surface area contributed by atoms with E-state index in [1.54, 1.807) is 23.1 Å². The van der Waals surface area contributed by atoms with Crippen molar-refractivity contribution in [2.24, 2.45) is 11.7 Å². The zero-order valence-electron chi connectivity index (χ0n) is 15.2. The van der Waals surface area contributed by atoms with Crippen molar-refractivity contribution in [2.45, 2.75) is 38.9 Å². The van der Waals surface area contributed by atoms with E-state index in [-0.39, 0.29) is 23.6 Å². The highest BCUT2D eigenvalue weighted by Gasteiger charge is 2.37.